The van der Waals surface area contributed by atoms with Gasteiger partial charge in [-0.3, -0.25) is 0 Å². The lowest BCUT2D eigenvalue weighted by molar-refractivity contribution is 0.203. The van der Waals surface area contributed by atoms with Gasteiger partial charge >= 0.3 is 0 Å². The van der Waals surface area contributed by atoms with E-state index in [2.05, 4.69) is 38.7 Å². The molecule has 0 amide bonds. The van der Waals surface area contributed by atoms with E-state index in [0.29, 0.717) is 12.3 Å². The first-order valence-electron chi connectivity index (χ1n) is 5.85. The Balaban J connectivity index is 2.45. The molecule has 0 aromatic carbocycles. The molecule has 18 heavy (non-hydrogen) atoms. The highest BCUT2D eigenvalue weighted by Crippen LogP contribution is 2.23. The van der Waals surface area contributed by atoms with Gasteiger partial charge in [0.1, 0.15) is 5.52 Å². The van der Waals surface area contributed by atoms with Crippen LogP contribution in [0.5, 0.6) is 0 Å². The molecule has 0 aliphatic rings. The van der Waals surface area contributed by atoms with Crippen molar-refractivity contribution >= 4 is 22.9 Å². The third kappa shape index (κ3) is 2.35. The Hall–Kier alpha value is -1.89. The predicted octanol–water partition coefficient (Wildman–Crippen LogP) is 0.796. The third-order valence-electron chi connectivity index (χ3n) is 2.72. The van der Waals surface area contributed by atoms with Gasteiger partial charge in [-0.05, 0) is 13.8 Å². The Kier molecular flexibility index (Phi) is 3.61. The van der Waals surface area contributed by atoms with Crippen LogP contribution in [0.3, 0.4) is 0 Å². The monoisotopic (exact) mass is 250 g/mol. The number of fused-ring (bicyclic) bond motifs is 1. The van der Waals surface area contributed by atoms with Gasteiger partial charge in [-0.15, -0.1) is 0 Å². The lowest BCUT2D eigenvalue weighted by atomic mass is 10.3. The molecule has 0 fully saturated rings. The first-order valence-corrected chi connectivity index (χ1v) is 5.85. The van der Waals surface area contributed by atoms with Crippen molar-refractivity contribution < 1.29 is 4.74 Å². The second-order valence-electron chi connectivity index (χ2n) is 4.29. The predicted molar refractivity (Wildman–Crippen MR) is 70.5 cm³/mol. The summed E-state index contributed by atoms with van der Waals surface area (Å²) >= 11 is 0. The average Bonchev–Trinajstić information content (AvgIpc) is 2.76. The summed E-state index contributed by atoms with van der Waals surface area (Å²) in [4.78, 5) is 17.7. The van der Waals surface area contributed by atoms with Gasteiger partial charge in [0.2, 0.25) is 5.95 Å². The second kappa shape index (κ2) is 5.18. The molecule has 0 spiro atoms. The molecule has 2 rings (SSSR count). The number of anilines is 2. The summed E-state index contributed by atoms with van der Waals surface area (Å²) in [6.45, 7) is 5.54. The van der Waals surface area contributed by atoms with E-state index in [1.165, 1.54) is 0 Å². The molecule has 0 saturated heterocycles. The quantitative estimate of drug-likeness (QED) is 0.815. The zero-order chi connectivity index (χ0) is 13.1. The maximum atomic E-state index is 5.72. The number of methoxy groups -OCH3 is 1. The van der Waals surface area contributed by atoms with Crippen LogP contribution in [0.1, 0.15) is 13.8 Å². The van der Waals surface area contributed by atoms with Crippen molar-refractivity contribution in [2.75, 3.05) is 30.9 Å². The molecule has 0 saturated carbocycles. The summed E-state index contributed by atoms with van der Waals surface area (Å²) in [6, 6.07) is 0.279. The first kappa shape index (κ1) is 12.6. The van der Waals surface area contributed by atoms with Gasteiger partial charge in [-0.1, -0.05) is 0 Å². The van der Waals surface area contributed by atoms with E-state index in [0.717, 1.165) is 17.9 Å². The second-order valence-corrected chi connectivity index (χ2v) is 4.29. The van der Waals surface area contributed by atoms with Crippen molar-refractivity contribution in [3.8, 4) is 0 Å². The maximum Gasteiger partial charge on any atom is 0.224 e. The number of nitrogen functional groups attached to an aromatic ring is 1. The molecule has 3 N–H and O–H groups in total. The number of aromatic amines is 1. The van der Waals surface area contributed by atoms with Crippen LogP contribution in [0, 0.1) is 0 Å². The first-order chi connectivity index (χ1) is 8.63. The van der Waals surface area contributed by atoms with Gasteiger partial charge in [-0.25, -0.2) is 4.98 Å². The molecular formula is C11H18N6O. The largest absolute Gasteiger partial charge is 0.383 e. The number of nitrogens with one attached hydrogen (secondary N) is 1. The number of hydrogen-bond donors (Lipinski definition) is 2. The Morgan fingerprint density at radius 3 is 2.89 bits per heavy atom. The molecule has 7 heteroatoms. The van der Waals surface area contributed by atoms with E-state index >= 15 is 0 Å². The highest BCUT2D eigenvalue weighted by atomic mass is 16.5. The van der Waals surface area contributed by atoms with E-state index in [1.54, 1.807) is 13.4 Å². The standard InChI is InChI=1S/C11H18N6O/c1-7(2)17(4-5-18-3)10-8-9(14-6-13-8)15-11(12)16-10/h6-7H,4-5H2,1-3H3,(H3,12,13,14,15,16). The number of rotatable bonds is 5. The van der Waals surface area contributed by atoms with Gasteiger partial charge in [-0.2, -0.15) is 9.97 Å². The fourth-order valence-electron chi connectivity index (χ4n) is 1.84. The molecule has 2 heterocycles. The van der Waals surface area contributed by atoms with Crippen LogP contribution in [0.2, 0.25) is 0 Å². The summed E-state index contributed by atoms with van der Waals surface area (Å²) in [7, 11) is 1.68. The van der Waals surface area contributed by atoms with Crippen LogP contribution < -0.4 is 10.6 Å². The van der Waals surface area contributed by atoms with Crippen LogP contribution in [-0.2, 0) is 4.74 Å². The minimum Gasteiger partial charge on any atom is -0.383 e. The number of H-pyrrole nitrogens is 1. The Bertz CT molecular complexity index is 523. The molecule has 98 valence electrons. The minimum atomic E-state index is 0.229. The van der Waals surface area contributed by atoms with Gasteiger partial charge in [0.25, 0.3) is 0 Å². The van der Waals surface area contributed by atoms with E-state index in [9.17, 15) is 0 Å². The van der Waals surface area contributed by atoms with Crippen LogP contribution in [0.25, 0.3) is 11.2 Å². The molecule has 7 nitrogen and oxygen atoms in total. The fraction of sp³-hybridized carbons (Fsp3) is 0.545. The van der Waals surface area contributed by atoms with E-state index < -0.39 is 0 Å². The lowest BCUT2D eigenvalue weighted by Gasteiger charge is -2.27. The zero-order valence-corrected chi connectivity index (χ0v) is 10.8. The molecule has 0 aliphatic carbocycles. The minimum absolute atomic E-state index is 0.229. The van der Waals surface area contributed by atoms with Crippen molar-refractivity contribution in [1.29, 1.82) is 0 Å². The zero-order valence-electron chi connectivity index (χ0n) is 10.8. The topological polar surface area (TPSA) is 92.9 Å². The van der Waals surface area contributed by atoms with Gasteiger partial charge in [0.15, 0.2) is 11.5 Å². The van der Waals surface area contributed by atoms with E-state index in [4.69, 9.17) is 10.5 Å². The molecule has 0 radical (unpaired) electrons. The smallest absolute Gasteiger partial charge is 0.224 e. The number of aromatic nitrogens is 4. The van der Waals surface area contributed by atoms with Crippen molar-refractivity contribution in [1.82, 2.24) is 19.9 Å². The summed E-state index contributed by atoms with van der Waals surface area (Å²) in [5, 5.41) is 0. The maximum absolute atomic E-state index is 5.72. The van der Waals surface area contributed by atoms with Gasteiger partial charge < -0.3 is 20.4 Å². The number of nitrogens with zero attached hydrogens (tertiary/aromatic N) is 4. The summed E-state index contributed by atoms with van der Waals surface area (Å²) < 4.78 is 5.13. The molecule has 0 bridgehead atoms. The van der Waals surface area contributed by atoms with Crippen LogP contribution >= 0.6 is 0 Å². The molecule has 0 atom stereocenters. The molecule has 2 aromatic heterocycles. The van der Waals surface area contributed by atoms with Crippen LogP contribution in [-0.4, -0.2) is 46.2 Å². The Morgan fingerprint density at radius 2 is 2.22 bits per heavy atom. The van der Waals surface area contributed by atoms with Crippen LogP contribution in [0.15, 0.2) is 6.33 Å². The van der Waals surface area contributed by atoms with Crippen molar-refractivity contribution in [3.63, 3.8) is 0 Å². The average molecular weight is 250 g/mol. The van der Waals surface area contributed by atoms with Crippen molar-refractivity contribution in [2.24, 2.45) is 0 Å². The summed E-state index contributed by atoms with van der Waals surface area (Å²) in [5.74, 6) is 0.995. The van der Waals surface area contributed by atoms with E-state index in [1.807, 2.05) is 0 Å². The number of hydrogen-bond acceptors (Lipinski definition) is 6. The summed E-state index contributed by atoms with van der Waals surface area (Å²) in [5.41, 5.74) is 7.10. The van der Waals surface area contributed by atoms with Gasteiger partial charge in [0.05, 0.1) is 12.9 Å². The number of imidazole rings is 1. The van der Waals surface area contributed by atoms with Crippen molar-refractivity contribution in [3.05, 3.63) is 6.33 Å². The SMILES string of the molecule is COCCN(c1nc(N)nc2nc[nH]c12)C(C)C. The molecule has 0 unspecified atom stereocenters. The normalized spacial score (nSPS) is 11.3. The molecule has 2 aromatic rings. The third-order valence-corrected chi connectivity index (χ3v) is 2.72. The van der Waals surface area contributed by atoms with Gasteiger partial charge in [0, 0.05) is 19.7 Å². The lowest BCUT2D eigenvalue weighted by Crippen LogP contribution is -2.35. The van der Waals surface area contributed by atoms with Crippen molar-refractivity contribution in [2.45, 2.75) is 19.9 Å². The highest BCUT2D eigenvalue weighted by Gasteiger charge is 2.17. The van der Waals surface area contributed by atoms with Crippen LogP contribution in [0.4, 0.5) is 11.8 Å². The molecule has 0 aliphatic heterocycles. The fourth-order valence-corrected chi connectivity index (χ4v) is 1.84. The number of nitrogens with two attached hydrogens (primary N) is 1. The highest BCUT2D eigenvalue weighted by molar-refractivity contribution is 5.84. The summed E-state index contributed by atoms with van der Waals surface area (Å²) in [6.07, 6.45) is 1.59. The molecular weight excluding hydrogens is 232 g/mol. The Morgan fingerprint density at radius 1 is 1.44 bits per heavy atom. The van der Waals surface area contributed by atoms with E-state index in [-0.39, 0.29) is 12.0 Å². The Labute approximate surface area is 105 Å². The number of ether oxygens (including phenoxy) is 1.